The lowest BCUT2D eigenvalue weighted by Crippen LogP contribution is -2.56. The molecule has 0 aromatic heterocycles. The fraction of sp³-hybridized carbons (Fsp3) is 0.929. The molecule has 0 radical (unpaired) electrons. The van der Waals surface area contributed by atoms with Crippen molar-refractivity contribution in [2.24, 2.45) is 17.3 Å². The van der Waals surface area contributed by atoms with E-state index in [1.165, 1.54) is 0 Å². The molecule has 0 unspecified atom stereocenters. The van der Waals surface area contributed by atoms with Crippen molar-refractivity contribution in [1.29, 1.82) is 0 Å². The molecule has 0 N–H and O–H groups in total. The summed E-state index contributed by atoms with van der Waals surface area (Å²) in [6.07, 6.45) is 0.887. The van der Waals surface area contributed by atoms with Crippen LogP contribution in [0.2, 0.25) is 0 Å². The SMILES string of the molecule is CCC1(C(=O)N(CC(C)C)CC(C)C)COC1. The van der Waals surface area contributed by atoms with Crippen LogP contribution in [0.4, 0.5) is 0 Å². The Kier molecular flexibility index (Phi) is 4.99. The summed E-state index contributed by atoms with van der Waals surface area (Å²) in [5.41, 5.74) is -0.218. The van der Waals surface area contributed by atoms with Gasteiger partial charge in [0.05, 0.1) is 18.6 Å². The first-order valence-corrected chi connectivity index (χ1v) is 6.78. The van der Waals surface area contributed by atoms with E-state index in [2.05, 4.69) is 34.6 Å². The van der Waals surface area contributed by atoms with Gasteiger partial charge in [0.2, 0.25) is 5.91 Å². The van der Waals surface area contributed by atoms with Gasteiger partial charge in [0, 0.05) is 13.1 Å². The molecule has 17 heavy (non-hydrogen) atoms. The van der Waals surface area contributed by atoms with Crippen LogP contribution in [0.1, 0.15) is 41.0 Å². The molecule has 1 aliphatic heterocycles. The summed E-state index contributed by atoms with van der Waals surface area (Å²) in [4.78, 5) is 14.6. The molecule has 0 saturated carbocycles. The molecule has 0 atom stereocenters. The highest BCUT2D eigenvalue weighted by Gasteiger charge is 2.46. The first kappa shape index (κ1) is 14.5. The van der Waals surface area contributed by atoms with Crippen LogP contribution in [0.5, 0.6) is 0 Å². The molecule has 3 nitrogen and oxygen atoms in total. The quantitative estimate of drug-likeness (QED) is 0.715. The van der Waals surface area contributed by atoms with Crippen molar-refractivity contribution in [2.75, 3.05) is 26.3 Å². The van der Waals surface area contributed by atoms with E-state index in [1.807, 2.05) is 4.90 Å². The lowest BCUT2D eigenvalue weighted by molar-refractivity contribution is -0.174. The van der Waals surface area contributed by atoms with E-state index < -0.39 is 0 Å². The Morgan fingerprint density at radius 2 is 1.65 bits per heavy atom. The van der Waals surface area contributed by atoms with Crippen LogP contribution in [0, 0.1) is 17.3 Å². The number of nitrogens with zero attached hydrogens (tertiary/aromatic N) is 1. The molecule has 1 heterocycles. The molecule has 1 fully saturated rings. The van der Waals surface area contributed by atoms with Crippen molar-refractivity contribution in [2.45, 2.75) is 41.0 Å². The van der Waals surface area contributed by atoms with Gasteiger partial charge in [-0.05, 0) is 18.3 Å². The van der Waals surface area contributed by atoms with Crippen LogP contribution in [0.3, 0.4) is 0 Å². The van der Waals surface area contributed by atoms with Gasteiger partial charge in [-0.15, -0.1) is 0 Å². The van der Waals surface area contributed by atoms with Gasteiger partial charge in [-0.1, -0.05) is 34.6 Å². The van der Waals surface area contributed by atoms with Crippen molar-refractivity contribution in [3.63, 3.8) is 0 Å². The zero-order valence-electron chi connectivity index (χ0n) is 12.0. The molecule has 0 bridgehead atoms. The predicted octanol–water partition coefficient (Wildman–Crippen LogP) is 2.55. The summed E-state index contributed by atoms with van der Waals surface area (Å²) in [5.74, 6) is 1.34. The standard InChI is InChI=1S/C14H27NO2/c1-6-14(9-17-10-14)13(16)15(7-11(2)3)8-12(4)5/h11-12H,6-10H2,1-5H3. The molecular weight excluding hydrogens is 214 g/mol. The molecule has 0 aromatic carbocycles. The van der Waals surface area contributed by atoms with E-state index in [1.54, 1.807) is 0 Å². The molecule has 1 rings (SSSR count). The molecular formula is C14H27NO2. The van der Waals surface area contributed by atoms with E-state index in [4.69, 9.17) is 4.74 Å². The van der Waals surface area contributed by atoms with Crippen molar-refractivity contribution in [3.8, 4) is 0 Å². The van der Waals surface area contributed by atoms with E-state index in [0.717, 1.165) is 19.5 Å². The number of carbonyl (C=O) groups is 1. The summed E-state index contributed by atoms with van der Waals surface area (Å²) < 4.78 is 5.26. The minimum atomic E-state index is -0.218. The zero-order chi connectivity index (χ0) is 13.1. The lowest BCUT2D eigenvalue weighted by atomic mass is 9.81. The molecule has 0 aromatic rings. The third-order valence-corrected chi connectivity index (χ3v) is 3.35. The normalized spacial score (nSPS) is 18.3. The van der Waals surface area contributed by atoms with Gasteiger partial charge < -0.3 is 9.64 Å². The second-order valence-electron chi connectivity index (χ2n) is 6.12. The van der Waals surface area contributed by atoms with Crippen LogP contribution in [-0.2, 0) is 9.53 Å². The zero-order valence-corrected chi connectivity index (χ0v) is 12.0. The van der Waals surface area contributed by atoms with Gasteiger partial charge in [-0.2, -0.15) is 0 Å². The molecule has 0 spiro atoms. The number of hydrogen-bond donors (Lipinski definition) is 0. The third-order valence-electron chi connectivity index (χ3n) is 3.35. The first-order chi connectivity index (χ1) is 7.91. The average molecular weight is 241 g/mol. The fourth-order valence-electron chi connectivity index (χ4n) is 2.28. The Morgan fingerprint density at radius 3 is 1.88 bits per heavy atom. The van der Waals surface area contributed by atoms with Gasteiger partial charge in [0.15, 0.2) is 0 Å². The maximum atomic E-state index is 12.6. The number of ether oxygens (including phenoxy) is 1. The fourth-order valence-corrected chi connectivity index (χ4v) is 2.28. The van der Waals surface area contributed by atoms with Crippen LogP contribution in [0.25, 0.3) is 0 Å². The average Bonchev–Trinajstić information content (AvgIpc) is 2.14. The van der Waals surface area contributed by atoms with E-state index in [0.29, 0.717) is 31.0 Å². The molecule has 0 aliphatic carbocycles. The molecule has 1 aliphatic rings. The van der Waals surface area contributed by atoms with Gasteiger partial charge in [0.25, 0.3) is 0 Å². The molecule has 1 amide bonds. The first-order valence-electron chi connectivity index (χ1n) is 6.78. The highest BCUT2D eigenvalue weighted by Crippen LogP contribution is 2.33. The predicted molar refractivity (Wildman–Crippen MR) is 69.8 cm³/mol. The van der Waals surface area contributed by atoms with Crippen molar-refractivity contribution < 1.29 is 9.53 Å². The number of carbonyl (C=O) groups excluding carboxylic acids is 1. The van der Waals surface area contributed by atoms with E-state index >= 15 is 0 Å². The van der Waals surface area contributed by atoms with E-state index in [-0.39, 0.29) is 5.41 Å². The Bertz CT molecular complexity index is 241. The Labute approximate surface area is 106 Å². The van der Waals surface area contributed by atoms with Crippen LogP contribution >= 0.6 is 0 Å². The maximum Gasteiger partial charge on any atom is 0.233 e. The second-order valence-corrected chi connectivity index (χ2v) is 6.12. The smallest absolute Gasteiger partial charge is 0.233 e. The topological polar surface area (TPSA) is 29.5 Å². The van der Waals surface area contributed by atoms with Crippen LogP contribution < -0.4 is 0 Å². The summed E-state index contributed by atoms with van der Waals surface area (Å²) in [7, 11) is 0. The van der Waals surface area contributed by atoms with Crippen molar-refractivity contribution in [3.05, 3.63) is 0 Å². The highest BCUT2D eigenvalue weighted by atomic mass is 16.5. The minimum Gasteiger partial charge on any atom is -0.379 e. The van der Waals surface area contributed by atoms with E-state index in [9.17, 15) is 4.79 Å². The molecule has 100 valence electrons. The third kappa shape index (κ3) is 3.44. The second kappa shape index (κ2) is 5.85. The Morgan fingerprint density at radius 1 is 1.18 bits per heavy atom. The largest absolute Gasteiger partial charge is 0.379 e. The molecule has 3 heteroatoms. The Balaban J connectivity index is 2.71. The Hall–Kier alpha value is -0.570. The van der Waals surface area contributed by atoms with Gasteiger partial charge in [0.1, 0.15) is 0 Å². The summed E-state index contributed by atoms with van der Waals surface area (Å²) in [6.45, 7) is 13.7. The summed E-state index contributed by atoms with van der Waals surface area (Å²) >= 11 is 0. The maximum absolute atomic E-state index is 12.6. The summed E-state index contributed by atoms with van der Waals surface area (Å²) in [6, 6.07) is 0. The number of rotatable bonds is 6. The van der Waals surface area contributed by atoms with Gasteiger partial charge >= 0.3 is 0 Å². The van der Waals surface area contributed by atoms with Crippen molar-refractivity contribution >= 4 is 5.91 Å². The van der Waals surface area contributed by atoms with Crippen LogP contribution in [-0.4, -0.2) is 37.1 Å². The minimum absolute atomic E-state index is 0.218. The highest BCUT2D eigenvalue weighted by molar-refractivity contribution is 5.83. The summed E-state index contributed by atoms with van der Waals surface area (Å²) in [5, 5.41) is 0. The molecule has 1 saturated heterocycles. The lowest BCUT2D eigenvalue weighted by Gasteiger charge is -2.43. The number of amides is 1. The number of hydrogen-bond acceptors (Lipinski definition) is 2. The monoisotopic (exact) mass is 241 g/mol. The van der Waals surface area contributed by atoms with Gasteiger partial charge in [-0.25, -0.2) is 0 Å². The van der Waals surface area contributed by atoms with Gasteiger partial charge in [-0.3, -0.25) is 4.79 Å². The van der Waals surface area contributed by atoms with Crippen LogP contribution in [0.15, 0.2) is 0 Å². The van der Waals surface area contributed by atoms with Crippen molar-refractivity contribution in [1.82, 2.24) is 4.90 Å².